The predicted molar refractivity (Wildman–Crippen MR) is 116 cm³/mol. The highest BCUT2D eigenvalue weighted by Crippen LogP contribution is 2.31. The summed E-state index contributed by atoms with van der Waals surface area (Å²) in [6.07, 6.45) is 0.380. The first-order chi connectivity index (χ1) is 14.8. The number of hydrogen-bond acceptors (Lipinski definition) is 5. The van der Waals surface area contributed by atoms with E-state index in [1.54, 1.807) is 12.1 Å². The van der Waals surface area contributed by atoms with Crippen molar-refractivity contribution in [2.45, 2.75) is 18.5 Å². The highest BCUT2D eigenvalue weighted by Gasteiger charge is 2.30. The van der Waals surface area contributed by atoms with Crippen molar-refractivity contribution in [2.75, 3.05) is 38.7 Å². The summed E-state index contributed by atoms with van der Waals surface area (Å²) in [6, 6.07) is 5.78. The number of anilines is 1. The van der Waals surface area contributed by atoms with Crippen molar-refractivity contribution in [1.82, 2.24) is 10.2 Å². The summed E-state index contributed by atoms with van der Waals surface area (Å²) in [7, 11) is 2.03. The van der Waals surface area contributed by atoms with Crippen LogP contribution in [0.5, 0.6) is 5.75 Å². The van der Waals surface area contributed by atoms with Crippen LogP contribution in [0.2, 0.25) is 0 Å². The fourth-order valence-corrected chi connectivity index (χ4v) is 4.42. The van der Waals surface area contributed by atoms with Crippen LogP contribution in [0.25, 0.3) is 0 Å². The fraction of sp³-hybridized carbons (Fsp3) is 0.409. The molecule has 4 rings (SSSR count). The highest BCUT2D eigenvalue weighted by atomic mass is 79.9. The maximum Gasteiger partial charge on any atom is 0.243 e. The number of likely N-dealkylation sites (tertiary alicyclic amines) is 1. The first-order valence-electron chi connectivity index (χ1n) is 10.1. The Hall–Kier alpha value is -2.23. The van der Waals surface area contributed by atoms with E-state index in [9.17, 15) is 18.7 Å². The predicted octanol–water partition coefficient (Wildman–Crippen LogP) is 2.85. The van der Waals surface area contributed by atoms with Crippen LogP contribution < -0.4 is 15.4 Å². The van der Waals surface area contributed by atoms with Crippen LogP contribution in [0.3, 0.4) is 0 Å². The number of amides is 1. The number of benzene rings is 2. The number of rotatable bonds is 7. The molecule has 1 saturated heterocycles. The van der Waals surface area contributed by atoms with Crippen molar-refractivity contribution >= 4 is 27.5 Å². The second kappa shape index (κ2) is 9.10. The Morgan fingerprint density at radius 2 is 2.10 bits per heavy atom. The van der Waals surface area contributed by atoms with Gasteiger partial charge in [0.25, 0.3) is 0 Å². The van der Waals surface area contributed by atoms with Gasteiger partial charge < -0.3 is 25.4 Å². The van der Waals surface area contributed by atoms with E-state index in [-0.39, 0.29) is 5.91 Å². The summed E-state index contributed by atoms with van der Waals surface area (Å²) in [5, 5.41) is 15.6. The second-order valence-corrected chi connectivity index (χ2v) is 9.04. The van der Waals surface area contributed by atoms with E-state index in [1.165, 1.54) is 18.2 Å². The van der Waals surface area contributed by atoms with Crippen LogP contribution in [0.4, 0.5) is 14.5 Å². The molecule has 2 aromatic rings. The summed E-state index contributed by atoms with van der Waals surface area (Å²) in [6.45, 7) is 1.96. The molecule has 3 N–H and O–H groups in total. The van der Waals surface area contributed by atoms with Gasteiger partial charge in [-0.2, -0.15) is 0 Å². The standard InChI is InChI=1S/C22H24BrF2N3O3/c1-28-8-12(9-28)11-31-16-3-13(2-15(24)6-16)21(10-29)27-22(30)20-5-14-4-17(23)18(25)7-19(14)26-20/h2-4,6-7,12,20-21,26,29H,5,8-11H2,1H3,(H,27,30). The number of halogens is 3. The molecule has 2 heterocycles. The molecular weight excluding hydrogens is 472 g/mol. The van der Waals surface area contributed by atoms with Gasteiger partial charge in [0.05, 0.1) is 23.7 Å². The molecule has 166 valence electrons. The molecular formula is C22H24BrF2N3O3. The molecule has 2 aliphatic heterocycles. The molecule has 2 aromatic carbocycles. The molecule has 6 nitrogen and oxygen atoms in total. The van der Waals surface area contributed by atoms with E-state index < -0.39 is 30.3 Å². The second-order valence-electron chi connectivity index (χ2n) is 8.19. The van der Waals surface area contributed by atoms with Crippen LogP contribution in [0.1, 0.15) is 17.2 Å². The molecule has 0 saturated carbocycles. The smallest absolute Gasteiger partial charge is 0.243 e. The first-order valence-corrected chi connectivity index (χ1v) is 10.9. The average Bonchev–Trinajstić information content (AvgIpc) is 3.11. The lowest BCUT2D eigenvalue weighted by Crippen LogP contribution is -2.46. The maximum atomic E-state index is 14.2. The summed E-state index contributed by atoms with van der Waals surface area (Å²) in [4.78, 5) is 14.9. The highest BCUT2D eigenvalue weighted by molar-refractivity contribution is 9.10. The van der Waals surface area contributed by atoms with E-state index in [4.69, 9.17) is 4.74 Å². The molecule has 1 fully saturated rings. The molecule has 9 heteroatoms. The number of hydrogen-bond donors (Lipinski definition) is 3. The zero-order chi connectivity index (χ0) is 22.1. The molecule has 0 aliphatic carbocycles. The van der Waals surface area contributed by atoms with E-state index in [0.717, 1.165) is 18.7 Å². The molecule has 2 aliphatic rings. The SMILES string of the molecule is CN1CC(COc2cc(F)cc(C(CO)NC(=O)C3Cc4cc(Br)c(F)cc4N3)c2)C1. The molecule has 0 bridgehead atoms. The number of nitrogens with one attached hydrogen (secondary N) is 2. The quantitative estimate of drug-likeness (QED) is 0.550. The van der Waals surface area contributed by atoms with Crippen LogP contribution in [0.15, 0.2) is 34.8 Å². The van der Waals surface area contributed by atoms with Gasteiger partial charge in [-0.1, -0.05) is 0 Å². The Bertz CT molecular complexity index is 954. The van der Waals surface area contributed by atoms with Crippen molar-refractivity contribution in [3.8, 4) is 5.75 Å². The van der Waals surface area contributed by atoms with Gasteiger partial charge in [-0.15, -0.1) is 0 Å². The minimum absolute atomic E-state index is 0.336. The van der Waals surface area contributed by atoms with E-state index in [2.05, 4.69) is 31.5 Å². The Morgan fingerprint density at radius 3 is 2.81 bits per heavy atom. The van der Waals surface area contributed by atoms with Crippen LogP contribution >= 0.6 is 15.9 Å². The third-order valence-corrected chi connectivity index (χ3v) is 6.24. The Kier molecular flexibility index (Phi) is 6.45. The normalized spacial score (nSPS) is 19.3. The fourth-order valence-electron chi connectivity index (χ4n) is 4.03. The third-order valence-electron chi connectivity index (χ3n) is 5.64. The van der Waals surface area contributed by atoms with E-state index >= 15 is 0 Å². The summed E-state index contributed by atoms with van der Waals surface area (Å²) in [5.41, 5.74) is 1.79. The van der Waals surface area contributed by atoms with Crippen molar-refractivity contribution in [1.29, 1.82) is 0 Å². The van der Waals surface area contributed by atoms with E-state index in [1.807, 2.05) is 7.05 Å². The zero-order valence-electron chi connectivity index (χ0n) is 17.0. The molecule has 0 radical (unpaired) electrons. The molecule has 1 amide bonds. The van der Waals surface area contributed by atoms with Gasteiger partial charge in [0.1, 0.15) is 23.4 Å². The zero-order valence-corrected chi connectivity index (χ0v) is 18.6. The van der Waals surface area contributed by atoms with E-state index in [0.29, 0.717) is 40.4 Å². The molecule has 0 spiro atoms. The van der Waals surface area contributed by atoms with Gasteiger partial charge in [-0.05, 0) is 58.4 Å². The van der Waals surface area contributed by atoms with Gasteiger partial charge in [0.15, 0.2) is 0 Å². The van der Waals surface area contributed by atoms with Crippen molar-refractivity contribution < 1.29 is 23.4 Å². The van der Waals surface area contributed by atoms with Crippen molar-refractivity contribution in [3.63, 3.8) is 0 Å². The minimum Gasteiger partial charge on any atom is -0.493 e. The minimum atomic E-state index is -0.797. The van der Waals surface area contributed by atoms with Crippen LogP contribution in [-0.4, -0.2) is 55.3 Å². The summed E-state index contributed by atoms with van der Waals surface area (Å²) >= 11 is 3.15. The lowest BCUT2D eigenvalue weighted by Gasteiger charge is -2.35. The summed E-state index contributed by atoms with van der Waals surface area (Å²) in [5.74, 6) is -0.510. The van der Waals surface area contributed by atoms with Gasteiger partial charge in [0, 0.05) is 37.2 Å². The molecule has 2 atom stereocenters. The number of carbonyl (C=O) groups excluding carboxylic acids is 1. The summed E-state index contributed by atoms with van der Waals surface area (Å²) < 4.78 is 34.0. The molecule has 31 heavy (non-hydrogen) atoms. The van der Waals surface area contributed by atoms with Gasteiger partial charge in [0.2, 0.25) is 5.91 Å². The average molecular weight is 496 g/mol. The Labute approximate surface area is 187 Å². The van der Waals surface area contributed by atoms with Crippen LogP contribution in [0, 0.1) is 17.6 Å². The number of aliphatic hydroxyl groups excluding tert-OH is 1. The largest absolute Gasteiger partial charge is 0.493 e. The number of ether oxygens (including phenoxy) is 1. The monoisotopic (exact) mass is 495 g/mol. The first kappa shape index (κ1) is 22.0. The van der Waals surface area contributed by atoms with Gasteiger partial charge in [-0.3, -0.25) is 4.79 Å². The van der Waals surface area contributed by atoms with Gasteiger partial charge >= 0.3 is 0 Å². The van der Waals surface area contributed by atoms with Gasteiger partial charge in [-0.25, -0.2) is 8.78 Å². The maximum absolute atomic E-state index is 14.2. The number of carbonyl (C=O) groups is 1. The Balaban J connectivity index is 1.41. The van der Waals surface area contributed by atoms with Crippen molar-refractivity contribution in [3.05, 3.63) is 57.6 Å². The third kappa shape index (κ3) is 4.99. The Morgan fingerprint density at radius 1 is 1.32 bits per heavy atom. The topological polar surface area (TPSA) is 73.8 Å². The van der Waals surface area contributed by atoms with Crippen LogP contribution in [-0.2, 0) is 11.2 Å². The van der Waals surface area contributed by atoms with Crippen molar-refractivity contribution in [2.24, 2.45) is 5.92 Å². The number of nitrogens with zero attached hydrogens (tertiary/aromatic N) is 1. The lowest BCUT2D eigenvalue weighted by atomic mass is 10.0. The number of fused-ring (bicyclic) bond motifs is 1. The molecule has 0 aromatic heterocycles. The lowest BCUT2D eigenvalue weighted by molar-refractivity contribution is -0.122. The number of aliphatic hydroxyl groups is 1. The molecule has 2 unspecified atom stereocenters.